The van der Waals surface area contributed by atoms with Crippen LogP contribution < -0.4 is 5.56 Å². The summed E-state index contributed by atoms with van der Waals surface area (Å²) in [5.41, 5.74) is -0.199. The van der Waals surface area contributed by atoms with Gasteiger partial charge in [0.2, 0.25) is 0 Å². The van der Waals surface area contributed by atoms with Gasteiger partial charge in [0, 0.05) is 49.3 Å². The lowest BCUT2D eigenvalue weighted by atomic mass is 9.58. The zero-order valence-corrected chi connectivity index (χ0v) is 12.7. The van der Waals surface area contributed by atoms with Gasteiger partial charge in [0.25, 0.3) is 11.5 Å². The SMILES string of the molecule is CCn1ccc(C(=O)N2CCC3(CC2)[C@H](O)C[C@@H]3O)cc1=O. The van der Waals surface area contributed by atoms with Crippen LogP contribution >= 0.6 is 0 Å². The smallest absolute Gasteiger partial charge is 0.254 e. The summed E-state index contributed by atoms with van der Waals surface area (Å²) in [6, 6.07) is 3.05. The molecule has 1 amide bonds. The number of amides is 1. The lowest BCUT2D eigenvalue weighted by molar-refractivity contribution is -0.187. The van der Waals surface area contributed by atoms with Gasteiger partial charge in [0.05, 0.1) is 12.2 Å². The van der Waals surface area contributed by atoms with Gasteiger partial charge in [0.15, 0.2) is 0 Å². The molecule has 0 bridgehead atoms. The minimum absolute atomic E-state index is 0.154. The Morgan fingerprint density at radius 1 is 1.32 bits per heavy atom. The van der Waals surface area contributed by atoms with Crippen molar-refractivity contribution in [3.05, 3.63) is 34.2 Å². The van der Waals surface area contributed by atoms with E-state index < -0.39 is 17.6 Å². The van der Waals surface area contributed by atoms with Crippen LogP contribution in [0.2, 0.25) is 0 Å². The molecule has 1 aromatic rings. The molecule has 1 aliphatic carbocycles. The largest absolute Gasteiger partial charge is 0.392 e. The summed E-state index contributed by atoms with van der Waals surface area (Å²) >= 11 is 0. The number of likely N-dealkylation sites (tertiary alicyclic amines) is 1. The highest BCUT2D eigenvalue weighted by Gasteiger charge is 2.55. The monoisotopic (exact) mass is 306 g/mol. The van der Waals surface area contributed by atoms with Gasteiger partial charge < -0.3 is 19.7 Å². The quantitative estimate of drug-likeness (QED) is 0.818. The predicted octanol–water partition coefficient (Wildman–Crippen LogP) is 0.216. The second-order valence-corrected chi connectivity index (χ2v) is 6.33. The van der Waals surface area contributed by atoms with Crippen LogP contribution in [0.4, 0.5) is 0 Å². The third-order valence-electron chi connectivity index (χ3n) is 5.34. The van der Waals surface area contributed by atoms with Crippen LogP contribution in [0.3, 0.4) is 0 Å². The lowest BCUT2D eigenvalue weighted by Gasteiger charge is -2.54. The number of piperidine rings is 1. The summed E-state index contributed by atoms with van der Waals surface area (Å²) in [5.74, 6) is -0.154. The van der Waals surface area contributed by atoms with Crippen LogP contribution in [0.1, 0.15) is 36.5 Å². The van der Waals surface area contributed by atoms with Crippen LogP contribution in [0.15, 0.2) is 23.1 Å². The molecule has 1 saturated carbocycles. The fraction of sp³-hybridized carbons (Fsp3) is 0.625. The third kappa shape index (κ3) is 2.27. The summed E-state index contributed by atoms with van der Waals surface area (Å²) in [7, 11) is 0. The maximum absolute atomic E-state index is 12.5. The Hall–Kier alpha value is -1.66. The Morgan fingerprint density at radius 2 is 1.95 bits per heavy atom. The molecule has 0 unspecified atom stereocenters. The molecule has 22 heavy (non-hydrogen) atoms. The van der Waals surface area contributed by atoms with Crippen molar-refractivity contribution in [3.63, 3.8) is 0 Å². The molecular formula is C16H22N2O4. The minimum Gasteiger partial charge on any atom is -0.392 e. The predicted molar refractivity (Wildman–Crippen MR) is 80.6 cm³/mol. The molecule has 2 aliphatic rings. The fourth-order valence-electron chi connectivity index (χ4n) is 3.62. The van der Waals surface area contributed by atoms with Crippen LogP contribution in [0.25, 0.3) is 0 Å². The molecule has 6 nitrogen and oxygen atoms in total. The number of aliphatic hydroxyl groups is 2. The Balaban J connectivity index is 1.70. The van der Waals surface area contributed by atoms with E-state index in [-0.39, 0.29) is 11.5 Å². The van der Waals surface area contributed by atoms with Crippen molar-refractivity contribution in [2.75, 3.05) is 13.1 Å². The van der Waals surface area contributed by atoms with E-state index in [9.17, 15) is 19.8 Å². The molecule has 2 fully saturated rings. The average molecular weight is 306 g/mol. The normalized spacial score (nSPS) is 26.8. The Morgan fingerprint density at radius 3 is 2.45 bits per heavy atom. The molecule has 2 atom stereocenters. The zero-order chi connectivity index (χ0) is 15.9. The van der Waals surface area contributed by atoms with Crippen molar-refractivity contribution in [1.82, 2.24) is 9.47 Å². The molecule has 6 heteroatoms. The van der Waals surface area contributed by atoms with E-state index in [1.165, 1.54) is 6.07 Å². The van der Waals surface area contributed by atoms with Crippen molar-refractivity contribution in [3.8, 4) is 0 Å². The number of aliphatic hydroxyl groups excluding tert-OH is 2. The molecule has 3 rings (SSSR count). The third-order valence-corrected chi connectivity index (χ3v) is 5.34. The van der Waals surface area contributed by atoms with E-state index in [1.807, 2.05) is 6.92 Å². The molecule has 2 heterocycles. The number of hydrogen-bond donors (Lipinski definition) is 2. The van der Waals surface area contributed by atoms with Gasteiger partial charge in [-0.3, -0.25) is 9.59 Å². The Bertz CT molecular complexity index is 621. The second-order valence-electron chi connectivity index (χ2n) is 6.33. The highest BCUT2D eigenvalue weighted by atomic mass is 16.3. The summed E-state index contributed by atoms with van der Waals surface area (Å²) in [5, 5.41) is 19.8. The molecule has 1 aliphatic heterocycles. The van der Waals surface area contributed by atoms with Gasteiger partial charge in [-0.1, -0.05) is 0 Å². The number of nitrogens with zero attached hydrogens (tertiary/aromatic N) is 2. The molecule has 0 radical (unpaired) electrons. The number of rotatable bonds is 2. The van der Waals surface area contributed by atoms with E-state index in [2.05, 4.69) is 0 Å². The van der Waals surface area contributed by atoms with Crippen molar-refractivity contribution in [2.45, 2.75) is 44.9 Å². The Labute approximate surface area is 129 Å². The van der Waals surface area contributed by atoms with Crippen molar-refractivity contribution >= 4 is 5.91 Å². The maximum Gasteiger partial charge on any atom is 0.254 e. The number of aryl methyl sites for hydroxylation is 1. The van der Waals surface area contributed by atoms with Crippen LogP contribution in [-0.2, 0) is 6.54 Å². The molecule has 0 aromatic carbocycles. The van der Waals surface area contributed by atoms with Crippen molar-refractivity contribution in [1.29, 1.82) is 0 Å². The zero-order valence-electron chi connectivity index (χ0n) is 12.7. The van der Waals surface area contributed by atoms with Crippen LogP contribution in [0.5, 0.6) is 0 Å². The molecule has 1 saturated heterocycles. The van der Waals surface area contributed by atoms with Gasteiger partial charge >= 0.3 is 0 Å². The highest BCUT2D eigenvalue weighted by molar-refractivity contribution is 5.94. The van der Waals surface area contributed by atoms with Gasteiger partial charge in [0.1, 0.15) is 0 Å². The number of hydrogen-bond acceptors (Lipinski definition) is 4. The number of aromatic nitrogens is 1. The summed E-state index contributed by atoms with van der Waals surface area (Å²) in [6.07, 6.45) is 2.35. The van der Waals surface area contributed by atoms with E-state index in [1.54, 1.807) is 21.7 Å². The van der Waals surface area contributed by atoms with E-state index in [0.29, 0.717) is 44.5 Å². The minimum atomic E-state index is -0.465. The summed E-state index contributed by atoms with van der Waals surface area (Å²) < 4.78 is 1.54. The first kappa shape index (κ1) is 15.2. The van der Waals surface area contributed by atoms with Gasteiger partial charge in [-0.25, -0.2) is 0 Å². The summed E-state index contributed by atoms with van der Waals surface area (Å²) in [6.45, 7) is 3.46. The van der Waals surface area contributed by atoms with E-state index in [0.717, 1.165) is 0 Å². The van der Waals surface area contributed by atoms with Gasteiger partial charge in [-0.15, -0.1) is 0 Å². The van der Waals surface area contributed by atoms with E-state index >= 15 is 0 Å². The standard InChI is InChI=1S/C16H22N2O4/c1-2-17-6-3-11(9-14(17)21)15(22)18-7-4-16(5-8-18)12(19)10-13(16)20/h3,6,9,12-13,19-20H,2,4-5,7-8,10H2,1H3/t12-,13+. The molecule has 1 aromatic heterocycles. The molecular weight excluding hydrogens is 284 g/mol. The molecule has 1 spiro atoms. The lowest BCUT2D eigenvalue weighted by Crippen LogP contribution is -2.61. The number of pyridine rings is 1. The maximum atomic E-state index is 12.5. The average Bonchev–Trinajstić information content (AvgIpc) is 2.54. The topological polar surface area (TPSA) is 82.8 Å². The van der Waals surface area contributed by atoms with Crippen molar-refractivity contribution in [2.24, 2.45) is 5.41 Å². The number of carbonyl (C=O) groups excluding carboxylic acids is 1. The first-order chi connectivity index (χ1) is 10.5. The van der Waals surface area contributed by atoms with Gasteiger partial charge in [-0.05, 0) is 25.8 Å². The van der Waals surface area contributed by atoms with E-state index in [4.69, 9.17) is 0 Å². The van der Waals surface area contributed by atoms with Gasteiger partial charge in [-0.2, -0.15) is 0 Å². The molecule has 120 valence electrons. The highest BCUT2D eigenvalue weighted by Crippen LogP contribution is 2.49. The van der Waals surface area contributed by atoms with Crippen LogP contribution in [-0.4, -0.2) is 50.9 Å². The fourth-order valence-corrected chi connectivity index (χ4v) is 3.62. The Kier molecular flexibility index (Phi) is 3.82. The number of carbonyl (C=O) groups is 1. The molecule has 2 N–H and O–H groups in total. The van der Waals surface area contributed by atoms with Crippen molar-refractivity contribution < 1.29 is 15.0 Å². The second kappa shape index (κ2) is 5.52. The van der Waals surface area contributed by atoms with Crippen LogP contribution in [0, 0.1) is 5.41 Å². The first-order valence-corrected chi connectivity index (χ1v) is 7.84. The first-order valence-electron chi connectivity index (χ1n) is 7.84. The summed E-state index contributed by atoms with van der Waals surface area (Å²) in [4.78, 5) is 26.0.